The molecule has 0 saturated heterocycles. The summed E-state index contributed by atoms with van der Waals surface area (Å²) in [6.45, 7) is 0. The van der Waals surface area contributed by atoms with E-state index in [1.165, 1.54) is 6.07 Å². The van der Waals surface area contributed by atoms with Crippen LogP contribution < -0.4 is 5.48 Å². The molecule has 0 heterocycles. The molecule has 152 valence electrons. The predicted molar refractivity (Wildman–Crippen MR) is 110 cm³/mol. The highest BCUT2D eigenvalue weighted by Crippen LogP contribution is 2.40. The average Bonchev–Trinajstić information content (AvgIpc) is 2.75. The summed E-state index contributed by atoms with van der Waals surface area (Å²) in [6, 6.07) is 17.8. The van der Waals surface area contributed by atoms with Crippen molar-refractivity contribution >= 4 is 11.7 Å². The second-order valence-corrected chi connectivity index (χ2v) is 7.41. The Kier molecular flexibility index (Phi) is 5.25. The van der Waals surface area contributed by atoms with Crippen molar-refractivity contribution < 1.29 is 25.0 Å². The van der Waals surface area contributed by atoms with Gasteiger partial charge >= 0.3 is 0 Å². The normalized spacial score (nSPS) is 13.3. The number of amides is 1. The van der Waals surface area contributed by atoms with Crippen LogP contribution in [-0.4, -0.2) is 27.1 Å². The maximum absolute atomic E-state index is 13.1. The summed E-state index contributed by atoms with van der Waals surface area (Å²) in [6.07, 6.45) is 1.27. The molecule has 0 aliphatic heterocycles. The van der Waals surface area contributed by atoms with Crippen LogP contribution >= 0.6 is 0 Å². The van der Waals surface area contributed by atoms with Gasteiger partial charge in [0.25, 0.3) is 5.91 Å². The van der Waals surface area contributed by atoms with E-state index >= 15 is 0 Å². The van der Waals surface area contributed by atoms with Crippen molar-refractivity contribution in [2.24, 2.45) is 0 Å². The highest BCUT2D eigenvalue weighted by molar-refractivity contribution is 6.15. The van der Waals surface area contributed by atoms with Crippen molar-refractivity contribution in [3.8, 4) is 11.5 Å². The number of aryl methyl sites for hydroxylation is 1. The van der Waals surface area contributed by atoms with Crippen molar-refractivity contribution in [1.82, 2.24) is 5.48 Å². The Labute approximate surface area is 173 Å². The third-order valence-electron chi connectivity index (χ3n) is 5.63. The van der Waals surface area contributed by atoms with Crippen molar-refractivity contribution in [3.05, 3.63) is 94.0 Å². The molecule has 3 aromatic rings. The number of carbonyl (C=O) groups excluding carboxylic acids is 2. The van der Waals surface area contributed by atoms with E-state index in [4.69, 9.17) is 0 Å². The summed E-state index contributed by atoms with van der Waals surface area (Å²) in [4.78, 5) is 25.5. The third-order valence-corrected chi connectivity index (χ3v) is 5.63. The van der Waals surface area contributed by atoms with E-state index in [1.54, 1.807) is 29.7 Å². The van der Waals surface area contributed by atoms with Crippen molar-refractivity contribution in [2.75, 3.05) is 0 Å². The Hall–Kier alpha value is -3.64. The summed E-state index contributed by atoms with van der Waals surface area (Å²) in [5, 5.41) is 30.4. The zero-order valence-electron chi connectivity index (χ0n) is 16.1. The van der Waals surface area contributed by atoms with Crippen molar-refractivity contribution in [3.63, 3.8) is 0 Å². The van der Waals surface area contributed by atoms with Gasteiger partial charge in [-0.1, -0.05) is 54.6 Å². The van der Waals surface area contributed by atoms with E-state index in [-0.39, 0.29) is 28.2 Å². The first-order chi connectivity index (χ1) is 14.5. The zero-order valence-corrected chi connectivity index (χ0v) is 16.1. The average molecular weight is 403 g/mol. The molecular weight excluding hydrogens is 382 g/mol. The minimum Gasteiger partial charge on any atom is -0.507 e. The fourth-order valence-corrected chi connectivity index (χ4v) is 4.12. The van der Waals surface area contributed by atoms with E-state index in [9.17, 15) is 25.0 Å². The summed E-state index contributed by atoms with van der Waals surface area (Å²) >= 11 is 0. The summed E-state index contributed by atoms with van der Waals surface area (Å²) in [5.41, 5.74) is 4.53. The molecule has 0 aromatic heterocycles. The van der Waals surface area contributed by atoms with E-state index < -0.39 is 17.6 Å². The number of hydroxylamine groups is 1. The van der Waals surface area contributed by atoms with Gasteiger partial charge in [0.2, 0.25) is 5.78 Å². The highest BCUT2D eigenvalue weighted by atomic mass is 16.5. The van der Waals surface area contributed by atoms with Crippen molar-refractivity contribution in [1.29, 1.82) is 0 Å². The van der Waals surface area contributed by atoms with Crippen LogP contribution in [0.5, 0.6) is 11.5 Å². The van der Waals surface area contributed by atoms with Crippen LogP contribution in [0.25, 0.3) is 0 Å². The Morgan fingerprint density at radius 3 is 2.40 bits per heavy atom. The number of carbonyl (C=O) groups is 2. The minimum atomic E-state index is -0.848. The van der Waals surface area contributed by atoms with Gasteiger partial charge in [0.1, 0.15) is 11.5 Å². The molecule has 4 rings (SSSR count). The molecule has 0 radical (unpaired) electrons. The maximum Gasteiger partial charge on any atom is 0.251 e. The number of benzene rings is 3. The lowest BCUT2D eigenvalue weighted by atomic mass is 9.80. The minimum absolute atomic E-state index is 0.0944. The quantitative estimate of drug-likeness (QED) is 0.302. The molecule has 1 amide bonds. The first-order valence-corrected chi connectivity index (χ1v) is 9.69. The number of phenols is 2. The van der Waals surface area contributed by atoms with Crippen LogP contribution in [0.1, 0.15) is 50.5 Å². The van der Waals surface area contributed by atoms with Gasteiger partial charge in [-0.05, 0) is 42.0 Å². The van der Waals surface area contributed by atoms with Crippen LogP contribution in [0.4, 0.5) is 0 Å². The highest BCUT2D eigenvalue weighted by Gasteiger charge is 2.32. The molecule has 1 unspecified atom stereocenters. The van der Waals surface area contributed by atoms with Gasteiger partial charge in [0.05, 0.1) is 17.0 Å². The molecule has 1 aliphatic rings. The number of hydrogen-bond donors (Lipinski definition) is 4. The topological polar surface area (TPSA) is 107 Å². The van der Waals surface area contributed by atoms with Gasteiger partial charge in [-0.25, -0.2) is 5.48 Å². The van der Waals surface area contributed by atoms with Gasteiger partial charge in [-0.2, -0.15) is 0 Å². The van der Waals surface area contributed by atoms with E-state index in [2.05, 4.69) is 0 Å². The van der Waals surface area contributed by atoms with Gasteiger partial charge in [-0.15, -0.1) is 0 Å². The molecule has 6 heteroatoms. The first-order valence-electron chi connectivity index (χ1n) is 9.69. The summed E-state index contributed by atoms with van der Waals surface area (Å²) in [7, 11) is 0. The molecule has 3 aromatic carbocycles. The number of phenolic OH excluding ortho intramolecular Hbond substituents is 2. The smallest absolute Gasteiger partial charge is 0.251 e. The number of ketones is 1. The molecule has 30 heavy (non-hydrogen) atoms. The Balaban J connectivity index is 1.73. The predicted octanol–water partition coefficient (Wildman–Crippen LogP) is 3.45. The number of aromatic hydroxyl groups is 2. The monoisotopic (exact) mass is 403 g/mol. The second-order valence-electron chi connectivity index (χ2n) is 7.41. The third kappa shape index (κ3) is 3.42. The van der Waals surface area contributed by atoms with Crippen molar-refractivity contribution in [2.45, 2.75) is 25.2 Å². The number of rotatable bonds is 5. The standard InChI is InChI=1S/C24H21NO5/c26-19-8-4-7-15-13-16-10-12-17(22(27)21(16)23(28)20(15)19)18(24(29)25-30)11-9-14-5-2-1-3-6-14/h1-8,10,12,18,26-27,30H,9,11,13H2,(H,25,29). The summed E-state index contributed by atoms with van der Waals surface area (Å²) in [5.74, 6) is -2.41. The molecule has 0 bridgehead atoms. The lowest BCUT2D eigenvalue weighted by Crippen LogP contribution is -2.27. The molecule has 6 nitrogen and oxygen atoms in total. The van der Waals surface area contributed by atoms with E-state index in [1.807, 2.05) is 30.3 Å². The first kappa shape index (κ1) is 19.7. The second kappa shape index (κ2) is 8.00. The lowest BCUT2D eigenvalue weighted by molar-refractivity contribution is -0.131. The number of fused-ring (bicyclic) bond motifs is 2. The zero-order chi connectivity index (χ0) is 21.3. The molecule has 4 N–H and O–H groups in total. The fourth-order valence-electron chi connectivity index (χ4n) is 4.12. The lowest BCUT2D eigenvalue weighted by Gasteiger charge is -2.24. The van der Waals surface area contributed by atoms with Gasteiger partial charge in [-0.3, -0.25) is 14.8 Å². The van der Waals surface area contributed by atoms with Gasteiger partial charge < -0.3 is 10.2 Å². The maximum atomic E-state index is 13.1. The number of nitrogens with one attached hydrogen (secondary N) is 1. The van der Waals surface area contributed by atoms with E-state index in [0.29, 0.717) is 30.4 Å². The van der Waals surface area contributed by atoms with E-state index in [0.717, 1.165) is 5.56 Å². The molecule has 1 atom stereocenters. The van der Waals surface area contributed by atoms with Gasteiger partial charge in [0, 0.05) is 5.56 Å². The SMILES string of the molecule is O=C1c2c(O)cccc2Cc2ccc(C(CCc3ccccc3)C(=O)NO)c(O)c21. The molecule has 0 spiro atoms. The van der Waals surface area contributed by atoms with Crippen LogP contribution in [0, 0.1) is 0 Å². The Bertz CT molecular complexity index is 1120. The summed E-state index contributed by atoms with van der Waals surface area (Å²) < 4.78 is 0. The molecule has 0 fully saturated rings. The van der Waals surface area contributed by atoms with Gasteiger partial charge in [0.15, 0.2) is 0 Å². The van der Waals surface area contributed by atoms with Crippen LogP contribution in [0.2, 0.25) is 0 Å². The van der Waals surface area contributed by atoms with Crippen LogP contribution in [-0.2, 0) is 17.6 Å². The fraction of sp³-hybridized carbons (Fsp3) is 0.167. The number of hydrogen-bond acceptors (Lipinski definition) is 5. The molecule has 0 saturated carbocycles. The Morgan fingerprint density at radius 2 is 1.67 bits per heavy atom. The van der Waals surface area contributed by atoms with Crippen LogP contribution in [0.15, 0.2) is 60.7 Å². The Morgan fingerprint density at radius 1 is 0.933 bits per heavy atom. The van der Waals surface area contributed by atoms with Crippen LogP contribution in [0.3, 0.4) is 0 Å². The molecule has 1 aliphatic carbocycles. The molecular formula is C24H21NO5. The largest absolute Gasteiger partial charge is 0.507 e.